The van der Waals surface area contributed by atoms with Crippen LogP contribution in [0.1, 0.15) is 24.3 Å². The number of amides is 1. The van der Waals surface area contributed by atoms with E-state index in [1.54, 1.807) is 18.1 Å². The summed E-state index contributed by atoms with van der Waals surface area (Å²) in [7, 11) is 1.55. The van der Waals surface area contributed by atoms with Gasteiger partial charge in [0.2, 0.25) is 5.91 Å². The van der Waals surface area contributed by atoms with Crippen LogP contribution < -0.4 is 5.73 Å². The Bertz CT molecular complexity index is 510. The lowest BCUT2D eigenvalue weighted by Gasteiger charge is -2.25. The molecule has 0 spiro atoms. The van der Waals surface area contributed by atoms with E-state index in [0.29, 0.717) is 38.1 Å². The molecule has 4 nitrogen and oxygen atoms in total. The number of hydrogen-bond donors (Lipinski definition) is 1. The summed E-state index contributed by atoms with van der Waals surface area (Å²) in [5.41, 5.74) is 6.15. The molecular weight excluding hydrogens is 278 g/mol. The zero-order chi connectivity index (χ0) is 15.4. The fourth-order valence-corrected chi connectivity index (χ4v) is 2.68. The number of methoxy groups -OCH3 is 1. The smallest absolute Gasteiger partial charge is 0.239 e. The average Bonchev–Trinajstić information content (AvgIpc) is 2.61. The molecule has 21 heavy (non-hydrogen) atoms. The fraction of sp³-hybridized carbons (Fsp3) is 0.533. The van der Waals surface area contributed by atoms with Crippen molar-refractivity contribution in [2.75, 3.05) is 26.8 Å². The molecule has 2 atom stereocenters. The maximum absolute atomic E-state index is 14.0. The molecule has 6 heteroatoms. The summed E-state index contributed by atoms with van der Waals surface area (Å²) in [6, 6.07) is 3.55. The van der Waals surface area contributed by atoms with Crippen LogP contribution >= 0.6 is 0 Å². The average molecular weight is 298 g/mol. The molecule has 0 unspecified atom stereocenters. The highest BCUT2D eigenvalue weighted by molar-refractivity contribution is 5.82. The van der Waals surface area contributed by atoms with Gasteiger partial charge in [-0.1, -0.05) is 12.1 Å². The molecule has 1 aliphatic rings. The maximum Gasteiger partial charge on any atom is 0.239 e. The molecule has 1 fully saturated rings. The molecule has 116 valence electrons. The summed E-state index contributed by atoms with van der Waals surface area (Å²) in [6.07, 6.45) is 1.01. The maximum atomic E-state index is 14.0. The molecule has 0 saturated carbocycles. The fourth-order valence-electron chi connectivity index (χ4n) is 2.68. The lowest BCUT2D eigenvalue weighted by molar-refractivity contribution is -0.132. The van der Waals surface area contributed by atoms with E-state index in [4.69, 9.17) is 10.5 Å². The molecule has 0 radical (unpaired) electrons. The number of halogens is 2. The van der Waals surface area contributed by atoms with Gasteiger partial charge in [0.1, 0.15) is 0 Å². The third-order valence-corrected chi connectivity index (χ3v) is 3.88. The number of carbonyl (C=O) groups excluding carboxylic acids is 1. The molecule has 1 amide bonds. The normalized spacial score (nSPS) is 23.2. The largest absolute Gasteiger partial charge is 0.383 e. The molecule has 0 bridgehead atoms. The minimum Gasteiger partial charge on any atom is -0.383 e. The SMILES string of the molecule is COCCN1C[C@H](c2cccc(F)c2F)CC[C@@H](N)C1=O. The van der Waals surface area contributed by atoms with Crippen molar-refractivity contribution in [3.8, 4) is 0 Å². The number of hydrogen-bond acceptors (Lipinski definition) is 3. The molecular formula is C15H20F2N2O2. The van der Waals surface area contributed by atoms with Gasteiger partial charge in [-0.05, 0) is 24.5 Å². The van der Waals surface area contributed by atoms with Crippen LogP contribution in [0.15, 0.2) is 18.2 Å². The second-order valence-corrected chi connectivity index (χ2v) is 5.30. The van der Waals surface area contributed by atoms with Crippen molar-refractivity contribution in [3.63, 3.8) is 0 Å². The molecule has 1 aromatic carbocycles. The first-order valence-electron chi connectivity index (χ1n) is 7.01. The van der Waals surface area contributed by atoms with Crippen LogP contribution in [-0.4, -0.2) is 43.7 Å². The summed E-state index contributed by atoms with van der Waals surface area (Å²) < 4.78 is 32.3. The molecule has 0 aromatic heterocycles. The molecule has 1 aliphatic heterocycles. The van der Waals surface area contributed by atoms with E-state index < -0.39 is 17.7 Å². The van der Waals surface area contributed by atoms with E-state index in [1.807, 2.05) is 0 Å². The number of ether oxygens (including phenoxy) is 1. The van der Waals surface area contributed by atoms with E-state index in [0.717, 1.165) is 6.07 Å². The Kier molecular flexibility index (Phi) is 5.25. The predicted octanol–water partition coefficient (Wildman–Crippen LogP) is 1.64. The first kappa shape index (κ1) is 15.9. The number of rotatable bonds is 4. The van der Waals surface area contributed by atoms with E-state index in [1.165, 1.54) is 6.07 Å². The number of likely N-dealkylation sites (tertiary alicyclic amines) is 1. The summed E-state index contributed by atoms with van der Waals surface area (Å²) in [4.78, 5) is 13.7. The molecule has 2 rings (SSSR count). The monoisotopic (exact) mass is 298 g/mol. The number of benzene rings is 1. The predicted molar refractivity (Wildman–Crippen MR) is 74.8 cm³/mol. The van der Waals surface area contributed by atoms with E-state index in [9.17, 15) is 13.6 Å². The Labute approximate surface area is 122 Å². The van der Waals surface area contributed by atoms with Gasteiger partial charge in [-0.3, -0.25) is 4.79 Å². The van der Waals surface area contributed by atoms with Gasteiger partial charge in [0.05, 0.1) is 12.6 Å². The van der Waals surface area contributed by atoms with Gasteiger partial charge >= 0.3 is 0 Å². The van der Waals surface area contributed by atoms with Crippen molar-refractivity contribution in [1.82, 2.24) is 4.90 Å². The Morgan fingerprint density at radius 2 is 2.14 bits per heavy atom. The lowest BCUT2D eigenvalue weighted by atomic mass is 9.93. The van der Waals surface area contributed by atoms with E-state index in [2.05, 4.69) is 0 Å². The number of carbonyl (C=O) groups is 1. The summed E-state index contributed by atoms with van der Waals surface area (Å²) in [5, 5.41) is 0. The van der Waals surface area contributed by atoms with Crippen LogP contribution in [0.4, 0.5) is 8.78 Å². The van der Waals surface area contributed by atoms with Gasteiger partial charge in [0, 0.05) is 26.1 Å². The zero-order valence-electron chi connectivity index (χ0n) is 12.0. The minimum absolute atomic E-state index is 0.161. The minimum atomic E-state index is -0.865. The quantitative estimate of drug-likeness (QED) is 0.919. The van der Waals surface area contributed by atoms with Crippen molar-refractivity contribution in [1.29, 1.82) is 0 Å². The van der Waals surface area contributed by atoms with Crippen molar-refractivity contribution in [3.05, 3.63) is 35.4 Å². The second-order valence-electron chi connectivity index (χ2n) is 5.30. The Morgan fingerprint density at radius 1 is 1.38 bits per heavy atom. The van der Waals surface area contributed by atoms with Crippen LogP contribution in [0.3, 0.4) is 0 Å². The van der Waals surface area contributed by atoms with Crippen LogP contribution in [0.2, 0.25) is 0 Å². The molecule has 0 aliphatic carbocycles. The highest BCUT2D eigenvalue weighted by atomic mass is 19.2. The van der Waals surface area contributed by atoms with Gasteiger partial charge in [0.15, 0.2) is 11.6 Å². The standard InChI is InChI=1S/C15H20F2N2O2/c1-21-8-7-19-9-10(5-6-13(18)15(19)20)11-3-2-4-12(16)14(11)17/h2-4,10,13H,5-9,18H2,1H3/t10-,13-/m1/s1. The van der Waals surface area contributed by atoms with E-state index >= 15 is 0 Å². The second kappa shape index (κ2) is 6.95. The molecule has 1 aromatic rings. The number of nitrogens with two attached hydrogens (primary N) is 1. The van der Waals surface area contributed by atoms with Crippen LogP contribution in [-0.2, 0) is 9.53 Å². The van der Waals surface area contributed by atoms with Gasteiger partial charge in [-0.15, -0.1) is 0 Å². The summed E-state index contributed by atoms with van der Waals surface area (Å²) in [6.45, 7) is 1.11. The van der Waals surface area contributed by atoms with Crippen LogP contribution in [0, 0.1) is 11.6 Å². The van der Waals surface area contributed by atoms with Gasteiger partial charge < -0.3 is 15.4 Å². The Balaban J connectivity index is 2.23. The van der Waals surface area contributed by atoms with Crippen molar-refractivity contribution in [2.45, 2.75) is 24.8 Å². The van der Waals surface area contributed by atoms with E-state index in [-0.39, 0.29) is 11.8 Å². The molecule has 1 heterocycles. The lowest BCUT2D eigenvalue weighted by Crippen LogP contribution is -2.44. The van der Waals surface area contributed by atoms with Crippen molar-refractivity contribution < 1.29 is 18.3 Å². The van der Waals surface area contributed by atoms with Gasteiger partial charge in [-0.2, -0.15) is 0 Å². The first-order chi connectivity index (χ1) is 10.0. The highest BCUT2D eigenvalue weighted by Crippen LogP contribution is 2.29. The molecule has 2 N–H and O–H groups in total. The van der Waals surface area contributed by atoms with Crippen LogP contribution in [0.5, 0.6) is 0 Å². The van der Waals surface area contributed by atoms with Crippen molar-refractivity contribution >= 4 is 5.91 Å². The highest BCUT2D eigenvalue weighted by Gasteiger charge is 2.30. The Hall–Kier alpha value is -1.53. The third-order valence-electron chi connectivity index (χ3n) is 3.88. The zero-order valence-corrected chi connectivity index (χ0v) is 12.0. The summed E-state index contributed by atoms with van der Waals surface area (Å²) >= 11 is 0. The van der Waals surface area contributed by atoms with Gasteiger partial charge in [0.25, 0.3) is 0 Å². The van der Waals surface area contributed by atoms with Gasteiger partial charge in [-0.25, -0.2) is 8.78 Å². The van der Waals surface area contributed by atoms with Crippen molar-refractivity contribution in [2.24, 2.45) is 5.73 Å². The van der Waals surface area contributed by atoms with Crippen LogP contribution in [0.25, 0.3) is 0 Å². The third kappa shape index (κ3) is 3.57. The Morgan fingerprint density at radius 3 is 2.86 bits per heavy atom. The first-order valence-corrected chi connectivity index (χ1v) is 7.01. The molecule has 1 saturated heterocycles. The number of nitrogens with zero attached hydrogens (tertiary/aromatic N) is 1. The summed E-state index contributed by atoms with van der Waals surface area (Å²) in [5.74, 6) is -2.12. The topological polar surface area (TPSA) is 55.6 Å².